The van der Waals surface area contributed by atoms with Crippen LogP contribution in [0.25, 0.3) is 11.1 Å². The van der Waals surface area contributed by atoms with E-state index >= 15 is 0 Å². The van der Waals surface area contributed by atoms with Crippen molar-refractivity contribution in [3.05, 3.63) is 59.7 Å². The van der Waals surface area contributed by atoms with Gasteiger partial charge < -0.3 is 20.1 Å². The minimum atomic E-state index is -4.77. The molecule has 2 N–H and O–H groups in total. The molecule has 2 unspecified atom stereocenters. The normalized spacial score (nSPS) is 16.6. The van der Waals surface area contributed by atoms with E-state index < -0.39 is 48.7 Å². The quantitative estimate of drug-likeness (QED) is 0.575. The summed E-state index contributed by atoms with van der Waals surface area (Å²) in [6.45, 7) is 1.10. The van der Waals surface area contributed by atoms with Crippen molar-refractivity contribution in [3.8, 4) is 11.1 Å². The maximum atomic E-state index is 13.2. The summed E-state index contributed by atoms with van der Waals surface area (Å²) in [7, 11) is 0. The number of hydrogen-bond donors (Lipinski definition) is 2. The molecule has 35 heavy (non-hydrogen) atoms. The summed E-state index contributed by atoms with van der Waals surface area (Å²) in [5.74, 6) is -2.73. The highest BCUT2D eigenvalue weighted by molar-refractivity contribution is 5.90. The van der Waals surface area contributed by atoms with Gasteiger partial charge >= 0.3 is 18.2 Å². The number of alkyl halides is 3. The third-order valence-electron chi connectivity index (χ3n) is 6.34. The van der Waals surface area contributed by atoms with Crippen LogP contribution in [-0.2, 0) is 14.3 Å². The first kappa shape index (κ1) is 24.6. The van der Waals surface area contributed by atoms with Crippen LogP contribution in [0.2, 0.25) is 0 Å². The zero-order chi connectivity index (χ0) is 25.3. The highest BCUT2D eigenvalue weighted by Gasteiger charge is 2.45. The van der Waals surface area contributed by atoms with E-state index in [1.54, 1.807) is 0 Å². The highest BCUT2D eigenvalue weighted by Crippen LogP contribution is 2.44. The molecule has 2 aliphatic carbocycles. The Bertz CT molecular complexity index is 1090. The number of carboxylic acids is 1. The van der Waals surface area contributed by atoms with Crippen molar-refractivity contribution in [1.82, 2.24) is 10.2 Å². The molecule has 1 saturated carbocycles. The van der Waals surface area contributed by atoms with Gasteiger partial charge in [0.1, 0.15) is 18.7 Å². The Kier molecular flexibility index (Phi) is 6.73. The maximum absolute atomic E-state index is 13.2. The second-order valence-corrected chi connectivity index (χ2v) is 8.83. The lowest BCUT2D eigenvalue weighted by Crippen LogP contribution is -2.55. The van der Waals surface area contributed by atoms with Gasteiger partial charge in [0.25, 0.3) is 0 Å². The molecule has 0 bridgehead atoms. The minimum Gasteiger partial charge on any atom is -0.480 e. The van der Waals surface area contributed by atoms with Gasteiger partial charge in [-0.2, -0.15) is 13.2 Å². The van der Waals surface area contributed by atoms with Gasteiger partial charge in [0.2, 0.25) is 5.91 Å². The number of ether oxygens (including phenoxy) is 1. The molecule has 2 atom stereocenters. The number of nitrogens with one attached hydrogen (secondary N) is 1. The Labute approximate surface area is 199 Å². The van der Waals surface area contributed by atoms with Crippen LogP contribution in [0.15, 0.2) is 48.5 Å². The summed E-state index contributed by atoms with van der Waals surface area (Å²) in [6.07, 6.45) is -6.59. The Balaban J connectivity index is 1.48. The zero-order valence-corrected chi connectivity index (χ0v) is 18.9. The summed E-state index contributed by atoms with van der Waals surface area (Å²) in [5.41, 5.74) is 3.84. The lowest BCUT2D eigenvalue weighted by molar-refractivity contribution is -0.159. The van der Waals surface area contributed by atoms with Crippen LogP contribution in [-0.4, -0.2) is 58.9 Å². The summed E-state index contributed by atoms with van der Waals surface area (Å²) < 4.78 is 45.0. The van der Waals surface area contributed by atoms with Gasteiger partial charge in [-0.25, -0.2) is 9.59 Å². The summed E-state index contributed by atoms with van der Waals surface area (Å²) in [5, 5.41) is 11.3. The van der Waals surface area contributed by atoms with Gasteiger partial charge in [-0.3, -0.25) is 4.79 Å². The zero-order valence-electron chi connectivity index (χ0n) is 18.9. The molecule has 1 fully saturated rings. The Morgan fingerprint density at radius 1 is 1.06 bits per heavy atom. The molecular weight excluding hydrogens is 465 g/mol. The maximum Gasteiger partial charge on any atom is 0.407 e. The third kappa shape index (κ3) is 5.41. The summed E-state index contributed by atoms with van der Waals surface area (Å²) in [4.78, 5) is 37.9. The molecule has 0 saturated heterocycles. The van der Waals surface area contributed by atoms with Crippen molar-refractivity contribution in [1.29, 1.82) is 0 Å². The number of aliphatic carboxylic acids is 1. The third-order valence-corrected chi connectivity index (χ3v) is 6.34. The summed E-state index contributed by atoms with van der Waals surface area (Å²) >= 11 is 0. The molecule has 2 aliphatic rings. The number of carbonyl (C=O) groups excluding carboxylic acids is 2. The molecule has 7 nitrogen and oxygen atoms in total. The molecule has 10 heteroatoms. The van der Waals surface area contributed by atoms with Crippen LogP contribution in [0.3, 0.4) is 0 Å². The molecule has 4 rings (SSSR count). The number of rotatable bonds is 8. The molecule has 0 aromatic heterocycles. The fourth-order valence-electron chi connectivity index (χ4n) is 4.55. The SMILES string of the molecule is CC(C(=O)O)N(C(=O)C(CC(F)(F)F)NC(=O)OCC1c2ccccc2-c2ccccc21)C1CC1. The Hall–Kier alpha value is -3.56. The summed E-state index contributed by atoms with van der Waals surface area (Å²) in [6, 6.07) is 11.4. The van der Waals surface area contributed by atoms with E-state index in [0.717, 1.165) is 27.2 Å². The van der Waals surface area contributed by atoms with Crippen LogP contribution in [0, 0.1) is 0 Å². The lowest BCUT2D eigenvalue weighted by atomic mass is 9.98. The molecular formula is C25H25F3N2O5. The molecule has 2 aromatic rings. The predicted molar refractivity (Wildman–Crippen MR) is 120 cm³/mol. The van der Waals surface area contributed by atoms with Crippen LogP contribution in [0.5, 0.6) is 0 Å². The van der Waals surface area contributed by atoms with Crippen LogP contribution >= 0.6 is 0 Å². The number of carboxylic acid groups (broad SMARTS) is 1. The van der Waals surface area contributed by atoms with Crippen LogP contribution < -0.4 is 5.32 Å². The van der Waals surface area contributed by atoms with Crippen molar-refractivity contribution >= 4 is 18.0 Å². The van der Waals surface area contributed by atoms with Gasteiger partial charge in [-0.15, -0.1) is 0 Å². The molecule has 0 aliphatic heterocycles. The van der Waals surface area contributed by atoms with Crippen molar-refractivity contribution in [2.24, 2.45) is 0 Å². The van der Waals surface area contributed by atoms with Crippen molar-refractivity contribution < 1.29 is 37.4 Å². The average Bonchev–Trinajstić information content (AvgIpc) is 3.58. The van der Waals surface area contributed by atoms with Gasteiger partial charge in [0.15, 0.2) is 0 Å². The number of fused-ring (bicyclic) bond motifs is 3. The molecule has 0 spiro atoms. The van der Waals surface area contributed by atoms with Gasteiger partial charge in [0, 0.05) is 12.0 Å². The number of alkyl carbamates (subject to hydrolysis) is 1. The van der Waals surface area contributed by atoms with Crippen LogP contribution in [0.4, 0.5) is 18.0 Å². The first-order valence-corrected chi connectivity index (χ1v) is 11.3. The predicted octanol–water partition coefficient (Wildman–Crippen LogP) is 4.31. The van der Waals surface area contributed by atoms with E-state index in [9.17, 15) is 32.7 Å². The standard InChI is InChI=1S/C25H25F3N2O5/c1-14(23(32)33)30(15-10-11-15)22(31)21(12-25(26,27)28)29-24(34)35-13-20-18-8-4-2-6-16(18)17-7-3-5-9-19(17)20/h2-9,14-15,20-21H,10-13H2,1H3,(H,29,34)(H,32,33). The number of carbonyl (C=O) groups is 3. The Morgan fingerprint density at radius 3 is 2.09 bits per heavy atom. The van der Waals surface area contributed by atoms with Crippen molar-refractivity contribution in [3.63, 3.8) is 0 Å². The second-order valence-electron chi connectivity index (χ2n) is 8.83. The van der Waals surface area contributed by atoms with Crippen molar-refractivity contribution in [2.75, 3.05) is 6.61 Å². The lowest BCUT2D eigenvalue weighted by Gasteiger charge is -2.31. The van der Waals surface area contributed by atoms with Gasteiger partial charge in [-0.05, 0) is 42.0 Å². The molecule has 2 aromatic carbocycles. The van der Waals surface area contributed by atoms with Gasteiger partial charge in [-0.1, -0.05) is 48.5 Å². The average molecular weight is 490 g/mol. The smallest absolute Gasteiger partial charge is 0.407 e. The van der Waals surface area contributed by atoms with Crippen LogP contribution in [0.1, 0.15) is 43.2 Å². The molecule has 0 radical (unpaired) electrons. The number of benzene rings is 2. The first-order chi connectivity index (χ1) is 16.6. The number of nitrogens with zero attached hydrogens (tertiary/aromatic N) is 1. The minimum absolute atomic E-state index is 0.134. The molecule has 0 heterocycles. The fourth-order valence-corrected chi connectivity index (χ4v) is 4.55. The highest BCUT2D eigenvalue weighted by atomic mass is 19.4. The van der Waals surface area contributed by atoms with Gasteiger partial charge in [0.05, 0.1) is 6.42 Å². The van der Waals surface area contributed by atoms with E-state index in [1.807, 2.05) is 53.8 Å². The fraction of sp³-hybridized carbons (Fsp3) is 0.400. The van der Waals surface area contributed by atoms with E-state index in [1.165, 1.54) is 6.92 Å². The monoisotopic (exact) mass is 490 g/mol. The van der Waals surface area contributed by atoms with E-state index in [4.69, 9.17) is 4.74 Å². The first-order valence-electron chi connectivity index (χ1n) is 11.3. The van der Waals surface area contributed by atoms with E-state index in [-0.39, 0.29) is 12.5 Å². The largest absolute Gasteiger partial charge is 0.480 e. The van der Waals surface area contributed by atoms with Crippen molar-refractivity contribution in [2.45, 2.75) is 56.4 Å². The molecule has 186 valence electrons. The van der Waals surface area contributed by atoms with E-state index in [2.05, 4.69) is 0 Å². The Morgan fingerprint density at radius 2 is 1.60 bits per heavy atom. The second kappa shape index (κ2) is 9.59. The number of hydrogen-bond acceptors (Lipinski definition) is 4. The van der Waals surface area contributed by atoms with E-state index in [0.29, 0.717) is 12.8 Å². The topological polar surface area (TPSA) is 95.9 Å². The molecule has 2 amide bonds. The number of halogens is 3. The number of amides is 2.